The third-order valence-corrected chi connectivity index (χ3v) is 4.86. The molecule has 23 heavy (non-hydrogen) atoms. The summed E-state index contributed by atoms with van der Waals surface area (Å²) >= 11 is 0. The zero-order chi connectivity index (χ0) is 17.1. The van der Waals surface area contributed by atoms with Crippen molar-refractivity contribution in [1.29, 1.82) is 0 Å². The van der Waals surface area contributed by atoms with E-state index in [0.29, 0.717) is 18.8 Å². The molecule has 126 valence electrons. The molecule has 0 heterocycles. The topological polar surface area (TPSA) is 66.4 Å². The van der Waals surface area contributed by atoms with E-state index >= 15 is 0 Å². The van der Waals surface area contributed by atoms with E-state index < -0.39 is 11.9 Å². The van der Waals surface area contributed by atoms with Crippen LogP contribution in [0.25, 0.3) is 0 Å². The summed E-state index contributed by atoms with van der Waals surface area (Å²) in [6.07, 6.45) is 1.27. The van der Waals surface area contributed by atoms with Crippen molar-refractivity contribution in [2.24, 2.45) is 17.8 Å². The number of carbonyl (C=O) groups excluding carboxylic acids is 1. The molecule has 2 N–H and O–H groups in total. The van der Waals surface area contributed by atoms with Crippen molar-refractivity contribution >= 4 is 11.9 Å². The molecule has 3 unspecified atom stereocenters. The summed E-state index contributed by atoms with van der Waals surface area (Å²) in [5, 5.41) is 12.2. The van der Waals surface area contributed by atoms with Crippen LogP contribution in [-0.2, 0) is 9.59 Å². The van der Waals surface area contributed by atoms with Gasteiger partial charge in [0.25, 0.3) is 0 Å². The molecule has 0 spiro atoms. The Morgan fingerprint density at radius 1 is 1.00 bits per heavy atom. The first kappa shape index (κ1) is 17.5. The van der Waals surface area contributed by atoms with E-state index in [9.17, 15) is 9.59 Å². The Labute approximate surface area is 138 Å². The number of rotatable bonds is 6. The maximum Gasteiger partial charge on any atom is 0.307 e. The van der Waals surface area contributed by atoms with Crippen molar-refractivity contribution < 1.29 is 14.7 Å². The second kappa shape index (κ2) is 7.16. The second-order valence-corrected chi connectivity index (χ2v) is 7.18. The Bertz CT molecular complexity index is 562. The lowest BCUT2D eigenvalue weighted by atomic mass is 9.73. The van der Waals surface area contributed by atoms with Crippen LogP contribution < -0.4 is 5.32 Å². The fourth-order valence-electron chi connectivity index (χ4n) is 3.09. The average Bonchev–Trinajstić information content (AvgIpc) is 2.42. The number of hydrogen-bond acceptors (Lipinski definition) is 2. The number of benzene rings is 1. The molecule has 0 aliphatic heterocycles. The largest absolute Gasteiger partial charge is 0.481 e. The highest BCUT2D eigenvalue weighted by atomic mass is 16.4. The lowest BCUT2D eigenvalue weighted by molar-refractivity contribution is -0.153. The molecule has 2 rings (SSSR count). The van der Waals surface area contributed by atoms with E-state index in [1.54, 1.807) is 0 Å². The minimum Gasteiger partial charge on any atom is -0.481 e. The summed E-state index contributed by atoms with van der Waals surface area (Å²) in [6.45, 7) is 8.44. The van der Waals surface area contributed by atoms with Crippen molar-refractivity contribution in [2.75, 3.05) is 0 Å². The number of carboxylic acid groups (broad SMARTS) is 1. The predicted octanol–water partition coefficient (Wildman–Crippen LogP) is 3.73. The van der Waals surface area contributed by atoms with Crippen molar-refractivity contribution in [3.05, 3.63) is 35.4 Å². The van der Waals surface area contributed by atoms with Crippen LogP contribution in [0.2, 0.25) is 0 Å². The van der Waals surface area contributed by atoms with Gasteiger partial charge < -0.3 is 10.4 Å². The highest BCUT2D eigenvalue weighted by molar-refractivity contribution is 5.86. The van der Waals surface area contributed by atoms with Crippen LogP contribution >= 0.6 is 0 Å². The zero-order valence-corrected chi connectivity index (χ0v) is 14.4. The van der Waals surface area contributed by atoms with E-state index in [4.69, 9.17) is 5.11 Å². The van der Waals surface area contributed by atoms with Crippen LogP contribution in [0.15, 0.2) is 24.3 Å². The fraction of sp³-hybridized carbons (Fsp3) is 0.579. The van der Waals surface area contributed by atoms with E-state index in [0.717, 1.165) is 5.56 Å². The number of hydrogen-bond donors (Lipinski definition) is 2. The summed E-state index contributed by atoms with van der Waals surface area (Å²) in [7, 11) is 0. The van der Waals surface area contributed by atoms with Crippen LogP contribution in [0.4, 0.5) is 0 Å². The number of carbonyl (C=O) groups is 2. The Balaban J connectivity index is 2.10. The highest BCUT2D eigenvalue weighted by Crippen LogP contribution is 2.35. The van der Waals surface area contributed by atoms with Crippen LogP contribution in [0.5, 0.6) is 0 Å². The maximum absolute atomic E-state index is 12.4. The van der Waals surface area contributed by atoms with E-state index in [2.05, 4.69) is 57.3 Å². The molecular weight excluding hydrogens is 290 g/mol. The molecule has 0 saturated heterocycles. The van der Waals surface area contributed by atoms with Gasteiger partial charge in [0.05, 0.1) is 17.9 Å². The van der Waals surface area contributed by atoms with Gasteiger partial charge in [0, 0.05) is 0 Å². The number of carboxylic acids is 1. The molecule has 0 bridgehead atoms. The summed E-state index contributed by atoms with van der Waals surface area (Å²) in [5.74, 6) is -1.18. The Morgan fingerprint density at radius 2 is 1.52 bits per heavy atom. The lowest BCUT2D eigenvalue weighted by Gasteiger charge is -2.34. The first-order chi connectivity index (χ1) is 10.8. The molecule has 3 atom stereocenters. The smallest absolute Gasteiger partial charge is 0.307 e. The van der Waals surface area contributed by atoms with E-state index in [1.165, 1.54) is 5.56 Å². The van der Waals surface area contributed by atoms with Gasteiger partial charge in [-0.1, -0.05) is 52.0 Å². The maximum atomic E-state index is 12.4. The number of aliphatic carboxylic acids is 1. The van der Waals surface area contributed by atoms with Gasteiger partial charge in [-0.25, -0.2) is 0 Å². The van der Waals surface area contributed by atoms with Gasteiger partial charge in [-0.2, -0.15) is 0 Å². The molecule has 1 fully saturated rings. The molecule has 1 saturated carbocycles. The van der Waals surface area contributed by atoms with Crippen molar-refractivity contribution in [3.8, 4) is 0 Å². The van der Waals surface area contributed by atoms with Gasteiger partial charge in [-0.05, 0) is 35.8 Å². The number of amides is 1. The molecule has 4 nitrogen and oxygen atoms in total. The highest BCUT2D eigenvalue weighted by Gasteiger charge is 2.42. The van der Waals surface area contributed by atoms with E-state index in [-0.39, 0.29) is 23.8 Å². The third kappa shape index (κ3) is 3.92. The van der Waals surface area contributed by atoms with E-state index in [1.807, 2.05) is 0 Å². The minimum absolute atomic E-state index is 0.0845. The van der Waals surface area contributed by atoms with Crippen LogP contribution in [-0.4, -0.2) is 17.0 Å². The molecule has 1 aromatic rings. The van der Waals surface area contributed by atoms with Crippen molar-refractivity contribution in [3.63, 3.8) is 0 Å². The minimum atomic E-state index is -0.862. The summed E-state index contributed by atoms with van der Waals surface area (Å²) in [6, 6.07) is 8.25. The van der Waals surface area contributed by atoms with Crippen molar-refractivity contribution in [2.45, 2.75) is 52.5 Å². The number of nitrogens with one attached hydrogen (secondary N) is 1. The molecule has 4 heteroatoms. The van der Waals surface area contributed by atoms with Gasteiger partial charge in [0.15, 0.2) is 0 Å². The molecule has 0 radical (unpaired) electrons. The fourth-order valence-corrected chi connectivity index (χ4v) is 3.09. The third-order valence-electron chi connectivity index (χ3n) is 4.86. The van der Waals surface area contributed by atoms with Crippen molar-refractivity contribution in [1.82, 2.24) is 5.32 Å². The summed E-state index contributed by atoms with van der Waals surface area (Å²) in [5.41, 5.74) is 2.34. The van der Waals surface area contributed by atoms with Gasteiger partial charge in [-0.15, -0.1) is 0 Å². The average molecular weight is 317 g/mol. The molecule has 1 aromatic carbocycles. The molecule has 1 aliphatic rings. The van der Waals surface area contributed by atoms with Gasteiger partial charge in [-0.3, -0.25) is 9.59 Å². The Kier molecular flexibility index (Phi) is 5.45. The van der Waals surface area contributed by atoms with Crippen LogP contribution in [0, 0.1) is 17.8 Å². The van der Waals surface area contributed by atoms with Gasteiger partial charge in [0.1, 0.15) is 0 Å². The molecular formula is C19H27NO3. The zero-order valence-electron chi connectivity index (χ0n) is 14.4. The second-order valence-electron chi connectivity index (χ2n) is 7.18. The molecule has 0 aromatic heterocycles. The quantitative estimate of drug-likeness (QED) is 0.840. The Morgan fingerprint density at radius 3 is 1.91 bits per heavy atom. The normalized spacial score (nSPS) is 21.8. The van der Waals surface area contributed by atoms with Gasteiger partial charge >= 0.3 is 5.97 Å². The summed E-state index contributed by atoms with van der Waals surface area (Å²) < 4.78 is 0. The SMILES string of the molecule is CC(C)c1ccc(C(NC(=O)C2CCC2C(=O)O)C(C)C)cc1. The summed E-state index contributed by atoms with van der Waals surface area (Å²) in [4.78, 5) is 23.5. The molecule has 1 aliphatic carbocycles. The standard InChI is InChI=1S/C19H27NO3/c1-11(2)13-5-7-14(8-6-13)17(12(3)4)20-18(21)15-9-10-16(15)19(22)23/h5-8,11-12,15-17H,9-10H2,1-4H3,(H,20,21)(H,22,23). The monoisotopic (exact) mass is 317 g/mol. The predicted molar refractivity (Wildman–Crippen MR) is 90.1 cm³/mol. The van der Waals surface area contributed by atoms with Gasteiger partial charge in [0.2, 0.25) is 5.91 Å². The first-order valence-electron chi connectivity index (χ1n) is 8.44. The first-order valence-corrected chi connectivity index (χ1v) is 8.44. The lowest BCUT2D eigenvalue weighted by Crippen LogP contribution is -2.45. The molecule has 1 amide bonds. The van der Waals surface area contributed by atoms with Crippen LogP contribution in [0.3, 0.4) is 0 Å². The van der Waals surface area contributed by atoms with Crippen LogP contribution in [0.1, 0.15) is 63.6 Å². The Hall–Kier alpha value is -1.84.